The molecule has 0 aliphatic rings. The third-order valence-corrected chi connectivity index (χ3v) is 2.85. The Morgan fingerprint density at radius 3 is 2.11 bits per heavy atom. The summed E-state index contributed by atoms with van der Waals surface area (Å²) in [5.41, 5.74) is 2.40. The van der Waals surface area contributed by atoms with Crippen LogP contribution in [-0.4, -0.2) is 5.71 Å². The van der Waals surface area contributed by atoms with Crippen molar-refractivity contribution < 1.29 is 0 Å². The number of hydrogen-bond acceptors (Lipinski definition) is 2. The highest BCUT2D eigenvalue weighted by molar-refractivity contribution is 5.92. The zero-order valence-electron chi connectivity index (χ0n) is 10.0. The van der Waals surface area contributed by atoms with E-state index in [1.807, 2.05) is 60.7 Å². The smallest absolute Gasteiger partial charge is 0.109 e. The molecule has 2 nitrogen and oxygen atoms in total. The molecule has 2 aromatic rings. The van der Waals surface area contributed by atoms with Crippen molar-refractivity contribution in [2.45, 2.75) is 12.3 Å². The van der Waals surface area contributed by atoms with Crippen LogP contribution in [0.2, 0.25) is 0 Å². The second kappa shape index (κ2) is 5.79. The molecule has 0 saturated carbocycles. The van der Waals surface area contributed by atoms with E-state index in [-0.39, 0.29) is 0 Å². The van der Waals surface area contributed by atoms with Gasteiger partial charge in [-0.3, -0.25) is 0 Å². The molecule has 1 unspecified atom stereocenters. The molecule has 0 aliphatic carbocycles. The predicted octanol–water partition coefficient (Wildman–Crippen LogP) is 3.56. The third kappa shape index (κ3) is 2.83. The molecule has 0 radical (unpaired) electrons. The fourth-order valence-corrected chi connectivity index (χ4v) is 1.92. The van der Waals surface area contributed by atoms with Gasteiger partial charge in [-0.1, -0.05) is 60.7 Å². The standard InChI is InChI=1S/C16H14N2/c17-12-15(14-9-5-2-6-10-14)16(18)11-13-7-3-1-4-8-13/h1-10,15,18H,11H2. The van der Waals surface area contributed by atoms with Crippen molar-refractivity contribution >= 4 is 5.71 Å². The van der Waals surface area contributed by atoms with Crippen molar-refractivity contribution in [3.8, 4) is 6.07 Å². The van der Waals surface area contributed by atoms with Crippen LogP contribution >= 0.6 is 0 Å². The quantitative estimate of drug-likeness (QED) is 0.808. The minimum atomic E-state index is -0.452. The predicted molar refractivity (Wildman–Crippen MR) is 72.7 cm³/mol. The fraction of sp³-hybridized carbons (Fsp3) is 0.125. The van der Waals surface area contributed by atoms with Gasteiger partial charge >= 0.3 is 0 Å². The summed E-state index contributed by atoms with van der Waals surface area (Å²) >= 11 is 0. The summed E-state index contributed by atoms with van der Waals surface area (Å²) < 4.78 is 0. The van der Waals surface area contributed by atoms with Crippen LogP contribution in [0.25, 0.3) is 0 Å². The fourth-order valence-electron chi connectivity index (χ4n) is 1.92. The number of nitriles is 1. The molecule has 0 aromatic heterocycles. The van der Waals surface area contributed by atoms with Crippen molar-refractivity contribution in [1.82, 2.24) is 0 Å². The molecule has 0 fully saturated rings. The molecule has 2 aromatic carbocycles. The van der Waals surface area contributed by atoms with Crippen LogP contribution in [0.15, 0.2) is 60.7 Å². The van der Waals surface area contributed by atoms with E-state index in [0.717, 1.165) is 11.1 Å². The van der Waals surface area contributed by atoms with Gasteiger partial charge in [-0.15, -0.1) is 0 Å². The molecule has 0 saturated heterocycles. The Bertz CT molecular complexity index is 553. The summed E-state index contributed by atoms with van der Waals surface area (Å²) in [6.07, 6.45) is 0.522. The first-order valence-corrected chi connectivity index (χ1v) is 5.87. The highest BCUT2D eigenvalue weighted by atomic mass is 14.5. The summed E-state index contributed by atoms with van der Waals surface area (Å²) in [6.45, 7) is 0. The van der Waals surface area contributed by atoms with Gasteiger partial charge in [0, 0.05) is 12.1 Å². The molecule has 88 valence electrons. The van der Waals surface area contributed by atoms with Gasteiger partial charge < -0.3 is 5.41 Å². The Balaban J connectivity index is 2.15. The van der Waals surface area contributed by atoms with E-state index in [0.29, 0.717) is 12.1 Å². The van der Waals surface area contributed by atoms with Crippen molar-refractivity contribution in [3.05, 3.63) is 71.8 Å². The van der Waals surface area contributed by atoms with Gasteiger partial charge in [-0.2, -0.15) is 5.26 Å². The minimum Gasteiger partial charge on any atom is -0.308 e. The van der Waals surface area contributed by atoms with Crippen molar-refractivity contribution in [2.24, 2.45) is 0 Å². The van der Waals surface area contributed by atoms with E-state index in [1.54, 1.807) is 0 Å². The molecular formula is C16H14N2. The normalized spacial score (nSPS) is 11.5. The average Bonchev–Trinajstić information content (AvgIpc) is 2.42. The number of nitrogens with one attached hydrogen (secondary N) is 1. The molecule has 1 N–H and O–H groups in total. The second-order valence-corrected chi connectivity index (χ2v) is 4.16. The van der Waals surface area contributed by atoms with Crippen molar-refractivity contribution in [1.29, 1.82) is 10.7 Å². The van der Waals surface area contributed by atoms with E-state index >= 15 is 0 Å². The Morgan fingerprint density at radius 2 is 1.56 bits per heavy atom. The van der Waals surface area contributed by atoms with Gasteiger partial charge in [0.2, 0.25) is 0 Å². The van der Waals surface area contributed by atoms with Crippen molar-refractivity contribution in [3.63, 3.8) is 0 Å². The Labute approximate surface area is 107 Å². The monoisotopic (exact) mass is 234 g/mol. The van der Waals surface area contributed by atoms with Gasteiger partial charge in [-0.05, 0) is 11.1 Å². The van der Waals surface area contributed by atoms with Gasteiger partial charge in [0.25, 0.3) is 0 Å². The summed E-state index contributed by atoms with van der Waals surface area (Å²) in [4.78, 5) is 0. The summed E-state index contributed by atoms with van der Waals surface area (Å²) in [6, 6.07) is 21.5. The number of benzene rings is 2. The molecule has 18 heavy (non-hydrogen) atoms. The SMILES string of the molecule is N#CC(C(=N)Cc1ccccc1)c1ccccc1. The van der Waals surface area contributed by atoms with E-state index < -0.39 is 5.92 Å². The zero-order valence-corrected chi connectivity index (χ0v) is 10.0. The van der Waals surface area contributed by atoms with Gasteiger partial charge in [0.05, 0.1) is 6.07 Å². The van der Waals surface area contributed by atoms with Gasteiger partial charge in [-0.25, -0.2) is 0 Å². The highest BCUT2D eigenvalue weighted by Crippen LogP contribution is 2.18. The molecule has 0 aliphatic heterocycles. The number of hydrogen-bond donors (Lipinski definition) is 1. The zero-order chi connectivity index (χ0) is 12.8. The maximum atomic E-state index is 9.24. The molecule has 1 atom stereocenters. The molecule has 0 spiro atoms. The first-order valence-electron chi connectivity index (χ1n) is 5.87. The molecule has 2 heteroatoms. The van der Waals surface area contributed by atoms with Crippen LogP contribution < -0.4 is 0 Å². The molecule has 0 heterocycles. The van der Waals surface area contributed by atoms with Crippen LogP contribution in [0.4, 0.5) is 0 Å². The molecule has 0 amide bonds. The maximum Gasteiger partial charge on any atom is 0.109 e. The highest BCUT2D eigenvalue weighted by Gasteiger charge is 2.16. The lowest BCUT2D eigenvalue weighted by Crippen LogP contribution is -2.12. The lowest BCUT2D eigenvalue weighted by Gasteiger charge is -2.11. The largest absolute Gasteiger partial charge is 0.308 e. The number of nitrogens with zero attached hydrogens (tertiary/aromatic N) is 1. The summed E-state index contributed by atoms with van der Waals surface area (Å²) in [5.74, 6) is -0.452. The maximum absolute atomic E-state index is 9.24. The van der Waals surface area contributed by atoms with Crippen LogP contribution in [0, 0.1) is 16.7 Å². The number of rotatable bonds is 4. The first kappa shape index (κ1) is 12.1. The second-order valence-electron chi connectivity index (χ2n) is 4.16. The van der Waals surface area contributed by atoms with E-state index in [2.05, 4.69) is 6.07 Å². The molecular weight excluding hydrogens is 220 g/mol. The summed E-state index contributed by atoms with van der Waals surface area (Å²) in [7, 11) is 0. The summed E-state index contributed by atoms with van der Waals surface area (Å²) in [5, 5.41) is 17.3. The average molecular weight is 234 g/mol. The van der Waals surface area contributed by atoms with Crippen LogP contribution in [0.3, 0.4) is 0 Å². The first-order chi connectivity index (χ1) is 8.81. The van der Waals surface area contributed by atoms with Crippen LogP contribution in [0.1, 0.15) is 17.0 Å². The lowest BCUT2D eigenvalue weighted by atomic mass is 9.92. The van der Waals surface area contributed by atoms with E-state index in [9.17, 15) is 5.26 Å². The topological polar surface area (TPSA) is 47.6 Å². The van der Waals surface area contributed by atoms with Crippen LogP contribution in [0.5, 0.6) is 0 Å². The molecule has 0 bridgehead atoms. The van der Waals surface area contributed by atoms with E-state index in [1.165, 1.54) is 0 Å². The Kier molecular flexibility index (Phi) is 3.88. The molecule has 2 rings (SSSR count). The van der Waals surface area contributed by atoms with Crippen molar-refractivity contribution in [2.75, 3.05) is 0 Å². The Morgan fingerprint density at radius 1 is 1.00 bits per heavy atom. The van der Waals surface area contributed by atoms with E-state index in [4.69, 9.17) is 5.41 Å². The Hall–Kier alpha value is -2.40. The third-order valence-electron chi connectivity index (χ3n) is 2.85. The lowest BCUT2D eigenvalue weighted by molar-refractivity contribution is 1.07. The minimum absolute atomic E-state index is 0.440. The van der Waals surface area contributed by atoms with Gasteiger partial charge in [0.1, 0.15) is 5.92 Å². The van der Waals surface area contributed by atoms with Crippen LogP contribution in [-0.2, 0) is 6.42 Å². The van der Waals surface area contributed by atoms with Gasteiger partial charge in [0.15, 0.2) is 0 Å².